The smallest absolute Gasteiger partial charge is 0.220 e. The van der Waals surface area contributed by atoms with Gasteiger partial charge in [-0.1, -0.05) is 12.1 Å². The molecule has 1 aromatic rings. The highest BCUT2D eigenvalue weighted by Gasteiger charge is 1.94. The van der Waals surface area contributed by atoms with Gasteiger partial charge in [-0.2, -0.15) is 0 Å². The first-order valence-corrected chi connectivity index (χ1v) is 3.76. The van der Waals surface area contributed by atoms with Crippen LogP contribution in [0.2, 0.25) is 0 Å². The molecule has 0 fully saturated rings. The van der Waals surface area contributed by atoms with Gasteiger partial charge in [0.2, 0.25) is 5.43 Å². The molecule has 0 amide bonds. The number of aromatic hydroxyl groups is 1. The maximum atomic E-state index is 11.0. The highest BCUT2D eigenvalue weighted by atomic mass is 16.3. The van der Waals surface area contributed by atoms with Crippen molar-refractivity contribution in [3.05, 3.63) is 40.1 Å². The molecular formula is C9H11NO2. The summed E-state index contributed by atoms with van der Waals surface area (Å²) in [5.74, 6) is -0.224. The quantitative estimate of drug-likeness (QED) is 0.660. The molecule has 0 saturated heterocycles. The van der Waals surface area contributed by atoms with E-state index in [1.165, 1.54) is 12.1 Å². The summed E-state index contributed by atoms with van der Waals surface area (Å²) < 4.78 is 0. The summed E-state index contributed by atoms with van der Waals surface area (Å²) in [5, 5.41) is 9.03. The molecule has 0 aliphatic rings. The zero-order valence-electron chi connectivity index (χ0n) is 6.66. The molecule has 12 heavy (non-hydrogen) atoms. The lowest BCUT2D eigenvalue weighted by Crippen LogP contribution is -2.04. The Balaban J connectivity index is 3.13. The van der Waals surface area contributed by atoms with E-state index in [4.69, 9.17) is 10.8 Å². The number of nitrogens with two attached hydrogens (primary N) is 1. The molecule has 0 radical (unpaired) electrons. The highest BCUT2D eigenvalue weighted by Crippen LogP contribution is 2.00. The number of hydrogen-bond acceptors (Lipinski definition) is 3. The van der Waals surface area contributed by atoms with Crippen LogP contribution in [0.3, 0.4) is 0 Å². The summed E-state index contributed by atoms with van der Waals surface area (Å²) in [7, 11) is 0. The first kappa shape index (κ1) is 8.74. The molecule has 0 aliphatic heterocycles. The van der Waals surface area contributed by atoms with E-state index in [1.54, 1.807) is 12.1 Å². The molecule has 0 bridgehead atoms. The van der Waals surface area contributed by atoms with Gasteiger partial charge in [0, 0.05) is 0 Å². The molecule has 0 atom stereocenters. The Morgan fingerprint density at radius 2 is 2.17 bits per heavy atom. The van der Waals surface area contributed by atoms with Crippen LogP contribution < -0.4 is 11.2 Å². The average Bonchev–Trinajstić information content (AvgIpc) is 2.16. The van der Waals surface area contributed by atoms with Crippen LogP contribution in [-0.4, -0.2) is 11.7 Å². The van der Waals surface area contributed by atoms with Crippen LogP contribution in [0.5, 0.6) is 5.75 Å². The van der Waals surface area contributed by atoms with Crippen molar-refractivity contribution in [2.45, 2.75) is 6.42 Å². The van der Waals surface area contributed by atoms with Gasteiger partial charge in [-0.3, -0.25) is 4.79 Å². The predicted molar refractivity (Wildman–Crippen MR) is 47.1 cm³/mol. The van der Waals surface area contributed by atoms with Crippen LogP contribution in [0.25, 0.3) is 0 Å². The van der Waals surface area contributed by atoms with Crippen molar-refractivity contribution in [2.75, 3.05) is 6.54 Å². The number of rotatable bonds is 2. The Hall–Kier alpha value is -1.35. The molecule has 3 nitrogen and oxygen atoms in total. The van der Waals surface area contributed by atoms with Gasteiger partial charge in [0.15, 0.2) is 5.75 Å². The molecule has 0 aromatic heterocycles. The molecule has 0 saturated carbocycles. The monoisotopic (exact) mass is 165 g/mol. The van der Waals surface area contributed by atoms with Crippen LogP contribution in [-0.2, 0) is 6.42 Å². The molecular weight excluding hydrogens is 154 g/mol. The maximum absolute atomic E-state index is 11.0. The van der Waals surface area contributed by atoms with Crippen LogP contribution in [0.1, 0.15) is 5.56 Å². The normalized spacial score (nSPS) is 9.75. The lowest BCUT2D eigenvalue weighted by Gasteiger charge is -1.90. The molecule has 0 aliphatic carbocycles. The molecule has 0 heterocycles. The summed E-state index contributed by atoms with van der Waals surface area (Å²) in [6.07, 6.45) is 0.656. The Bertz CT molecular complexity index is 323. The van der Waals surface area contributed by atoms with Crippen molar-refractivity contribution in [2.24, 2.45) is 5.73 Å². The molecule has 1 aromatic carbocycles. The van der Waals surface area contributed by atoms with Crippen LogP contribution in [0.4, 0.5) is 0 Å². The second-order valence-electron chi connectivity index (χ2n) is 2.53. The van der Waals surface area contributed by atoms with Gasteiger partial charge < -0.3 is 10.8 Å². The van der Waals surface area contributed by atoms with Crippen molar-refractivity contribution >= 4 is 0 Å². The second kappa shape index (κ2) is 3.88. The van der Waals surface area contributed by atoms with E-state index in [2.05, 4.69) is 0 Å². The van der Waals surface area contributed by atoms with Gasteiger partial charge in [0.25, 0.3) is 0 Å². The molecule has 3 N–H and O–H groups in total. The summed E-state index contributed by atoms with van der Waals surface area (Å²) in [6, 6.07) is 6.19. The molecule has 64 valence electrons. The van der Waals surface area contributed by atoms with Gasteiger partial charge in [-0.25, -0.2) is 0 Å². The van der Waals surface area contributed by atoms with Gasteiger partial charge in [0.05, 0.1) is 0 Å². The third-order valence-corrected chi connectivity index (χ3v) is 1.57. The van der Waals surface area contributed by atoms with E-state index in [1.807, 2.05) is 0 Å². The van der Waals surface area contributed by atoms with E-state index in [0.29, 0.717) is 13.0 Å². The topological polar surface area (TPSA) is 63.3 Å². The first-order valence-electron chi connectivity index (χ1n) is 3.76. The zero-order valence-corrected chi connectivity index (χ0v) is 6.66. The van der Waals surface area contributed by atoms with Crippen molar-refractivity contribution in [3.8, 4) is 5.75 Å². The van der Waals surface area contributed by atoms with E-state index >= 15 is 0 Å². The summed E-state index contributed by atoms with van der Waals surface area (Å²) >= 11 is 0. The summed E-state index contributed by atoms with van der Waals surface area (Å²) in [4.78, 5) is 11.0. The van der Waals surface area contributed by atoms with Gasteiger partial charge in [-0.05, 0) is 30.7 Å². The van der Waals surface area contributed by atoms with Crippen molar-refractivity contribution < 1.29 is 5.11 Å². The highest BCUT2D eigenvalue weighted by molar-refractivity contribution is 5.23. The number of hydrogen-bond donors (Lipinski definition) is 2. The van der Waals surface area contributed by atoms with E-state index in [0.717, 1.165) is 5.56 Å². The van der Waals surface area contributed by atoms with Gasteiger partial charge >= 0.3 is 0 Å². The van der Waals surface area contributed by atoms with Crippen LogP contribution >= 0.6 is 0 Å². The summed E-state index contributed by atoms with van der Waals surface area (Å²) in [6.45, 7) is 0.504. The molecule has 1 rings (SSSR count). The Morgan fingerprint density at radius 1 is 1.42 bits per heavy atom. The predicted octanol–water partition coefficient (Wildman–Crippen LogP) is 0.254. The lowest BCUT2D eigenvalue weighted by molar-refractivity contribution is 0.471. The minimum Gasteiger partial charge on any atom is -0.504 e. The van der Waals surface area contributed by atoms with Crippen molar-refractivity contribution in [3.63, 3.8) is 0 Å². The van der Waals surface area contributed by atoms with Crippen molar-refractivity contribution in [1.82, 2.24) is 0 Å². The Labute approximate surface area is 70.5 Å². The molecule has 0 unspecified atom stereocenters. The fourth-order valence-electron chi connectivity index (χ4n) is 0.958. The van der Waals surface area contributed by atoms with Gasteiger partial charge in [-0.15, -0.1) is 0 Å². The third-order valence-electron chi connectivity index (χ3n) is 1.57. The minimum atomic E-state index is -0.358. The first-order chi connectivity index (χ1) is 5.74. The van der Waals surface area contributed by atoms with E-state index in [9.17, 15) is 4.79 Å². The fourth-order valence-corrected chi connectivity index (χ4v) is 0.958. The van der Waals surface area contributed by atoms with Gasteiger partial charge in [0.1, 0.15) is 0 Å². The SMILES string of the molecule is NCCc1cccc(O)c(=O)c1. The lowest BCUT2D eigenvalue weighted by atomic mass is 10.2. The Morgan fingerprint density at radius 3 is 2.83 bits per heavy atom. The zero-order chi connectivity index (χ0) is 8.97. The maximum Gasteiger partial charge on any atom is 0.220 e. The van der Waals surface area contributed by atoms with Crippen LogP contribution in [0, 0.1) is 0 Å². The Kier molecular flexibility index (Phi) is 2.82. The largest absolute Gasteiger partial charge is 0.504 e. The van der Waals surface area contributed by atoms with E-state index in [-0.39, 0.29) is 11.2 Å². The van der Waals surface area contributed by atoms with Crippen molar-refractivity contribution in [1.29, 1.82) is 0 Å². The third kappa shape index (κ3) is 2.07. The molecule has 0 spiro atoms. The standard InChI is InChI=1S/C9H11NO2/c10-5-4-7-2-1-3-8(11)9(12)6-7/h1-3,6H,4-5,10H2,(H,11,12). The summed E-state index contributed by atoms with van der Waals surface area (Å²) in [5.41, 5.74) is 5.82. The van der Waals surface area contributed by atoms with Crippen LogP contribution in [0.15, 0.2) is 29.1 Å². The molecule has 3 heteroatoms. The second-order valence-corrected chi connectivity index (χ2v) is 2.53. The average molecular weight is 165 g/mol. The van der Waals surface area contributed by atoms with E-state index < -0.39 is 0 Å². The fraction of sp³-hybridized carbons (Fsp3) is 0.222. The minimum absolute atomic E-state index is 0.224.